The second-order valence-electron chi connectivity index (χ2n) is 6.57. The first-order valence-corrected chi connectivity index (χ1v) is 16.7. The van der Waals surface area contributed by atoms with Crippen LogP contribution in [0.3, 0.4) is 0 Å². The molecule has 1 fully saturated rings. The van der Waals surface area contributed by atoms with Crippen LogP contribution in [0.25, 0.3) is 0 Å². The molecule has 5 atom stereocenters. The predicted molar refractivity (Wildman–Crippen MR) is 126 cm³/mol. The van der Waals surface area contributed by atoms with Gasteiger partial charge >= 0.3 is 29.2 Å². The third-order valence-electron chi connectivity index (χ3n) is 4.05. The van der Waals surface area contributed by atoms with Crippen molar-refractivity contribution in [2.75, 3.05) is 25.3 Å². The van der Waals surface area contributed by atoms with Crippen molar-refractivity contribution in [1.82, 2.24) is 9.55 Å². The Labute approximate surface area is 210 Å². The molecule has 1 saturated heterocycles. The molecule has 0 aromatic carbocycles. The minimum absolute atomic E-state index is 0.00900. The van der Waals surface area contributed by atoms with E-state index in [1.54, 1.807) is 6.26 Å². The molecule has 0 radical (unpaired) electrons. The van der Waals surface area contributed by atoms with E-state index in [4.69, 9.17) is 25.0 Å². The molecule has 7 N–H and O–H groups in total. The fraction of sp³-hybridized carbons (Fsp3) is 0.571. The highest BCUT2D eigenvalue weighted by Gasteiger charge is 2.43. The Morgan fingerprint density at radius 2 is 1.92 bits per heavy atom. The standard InChI is InChI=1S/C14H22N3O14P3S2/c1-35-36-8-27-10-5-12(17-6-9(3-2-4-15)13(18)16-14(17)19)29-11(10)7-28-33(23,24)31-34(25,26)30-32(20,21)22/h6,10-12H,4-5,7-8,15H2,1H3,(H,23,24)(H,25,26)(H,16,18,19)(H2,20,21,22)/t10?,11-,12-/m1/s1. The molecule has 17 nitrogen and oxygen atoms in total. The van der Waals surface area contributed by atoms with Crippen LogP contribution in [-0.2, 0) is 36.3 Å². The first kappa shape index (κ1) is 31.4. The molecule has 2 rings (SSSR count). The molecule has 1 aromatic heterocycles. The molecule has 22 heteroatoms. The Bertz CT molecular complexity index is 1240. The SMILES string of the molecule is CSSCOC1C[C@H](n2cc(C#CCN)c(=O)[nH]c2=O)O[C@@H]1COP(=O)(O)OP(=O)(O)OP(=O)(O)O. The van der Waals surface area contributed by atoms with Crippen LogP contribution >= 0.6 is 45.1 Å². The summed E-state index contributed by atoms with van der Waals surface area (Å²) in [6.07, 6.45) is -0.0775. The number of nitrogens with one attached hydrogen (secondary N) is 1. The van der Waals surface area contributed by atoms with Crippen molar-refractivity contribution in [3.8, 4) is 11.8 Å². The van der Waals surface area contributed by atoms with Crippen LogP contribution in [0.4, 0.5) is 0 Å². The molecular formula is C14H22N3O14P3S2. The monoisotopic (exact) mass is 613 g/mol. The van der Waals surface area contributed by atoms with Crippen molar-refractivity contribution in [3.63, 3.8) is 0 Å². The molecule has 3 unspecified atom stereocenters. The summed E-state index contributed by atoms with van der Waals surface area (Å²) in [7, 11) is -14.0. The molecule has 36 heavy (non-hydrogen) atoms. The van der Waals surface area contributed by atoms with E-state index in [9.17, 15) is 33.1 Å². The molecule has 0 spiro atoms. The first-order chi connectivity index (χ1) is 16.7. The highest BCUT2D eigenvalue weighted by Crippen LogP contribution is 2.66. The van der Waals surface area contributed by atoms with E-state index in [0.29, 0.717) is 0 Å². The summed E-state index contributed by atoms with van der Waals surface area (Å²) in [6.45, 7) is -0.823. The Hall–Kier alpha value is -0.770. The van der Waals surface area contributed by atoms with E-state index in [1.807, 2.05) is 0 Å². The van der Waals surface area contributed by atoms with Crippen LogP contribution in [-0.4, -0.2) is 66.7 Å². The highest BCUT2D eigenvalue weighted by molar-refractivity contribution is 8.76. The summed E-state index contributed by atoms with van der Waals surface area (Å²) < 4.78 is 58.6. The molecule has 0 aliphatic carbocycles. The summed E-state index contributed by atoms with van der Waals surface area (Å²) >= 11 is 0. The summed E-state index contributed by atoms with van der Waals surface area (Å²) in [4.78, 5) is 62.5. The van der Waals surface area contributed by atoms with Crippen LogP contribution in [0.1, 0.15) is 18.2 Å². The maximum atomic E-state index is 12.3. The van der Waals surface area contributed by atoms with Crippen LogP contribution in [0.5, 0.6) is 0 Å². The van der Waals surface area contributed by atoms with Gasteiger partial charge in [-0.1, -0.05) is 33.4 Å². The van der Waals surface area contributed by atoms with Gasteiger partial charge < -0.3 is 34.8 Å². The van der Waals surface area contributed by atoms with Gasteiger partial charge in [-0.05, 0) is 6.26 Å². The Morgan fingerprint density at radius 1 is 1.22 bits per heavy atom. The van der Waals surface area contributed by atoms with Crippen molar-refractivity contribution in [3.05, 3.63) is 32.6 Å². The predicted octanol–water partition coefficient (Wildman–Crippen LogP) is -0.168. The van der Waals surface area contributed by atoms with Gasteiger partial charge in [0.25, 0.3) is 5.56 Å². The van der Waals surface area contributed by atoms with Crippen molar-refractivity contribution in [1.29, 1.82) is 0 Å². The van der Waals surface area contributed by atoms with Gasteiger partial charge in [0.15, 0.2) is 0 Å². The second kappa shape index (κ2) is 13.3. The number of rotatable bonds is 12. The summed E-state index contributed by atoms with van der Waals surface area (Å²) in [6, 6.07) is 0. The zero-order valence-electron chi connectivity index (χ0n) is 18.2. The van der Waals surface area contributed by atoms with E-state index >= 15 is 0 Å². The topological polar surface area (TPSA) is 259 Å². The first-order valence-electron chi connectivity index (χ1n) is 9.42. The molecule has 2 heterocycles. The quantitative estimate of drug-likeness (QED) is 0.0588. The van der Waals surface area contributed by atoms with Gasteiger partial charge in [-0.25, -0.2) is 18.5 Å². The number of nitrogens with two attached hydrogens (primary N) is 1. The number of ether oxygens (including phenoxy) is 2. The lowest BCUT2D eigenvalue weighted by molar-refractivity contribution is -0.0543. The smallest absolute Gasteiger partial charge is 0.364 e. The largest absolute Gasteiger partial charge is 0.490 e. The van der Waals surface area contributed by atoms with Gasteiger partial charge in [-0.3, -0.25) is 18.9 Å². The third-order valence-corrected chi connectivity index (χ3v) is 9.32. The molecular weight excluding hydrogens is 591 g/mol. The van der Waals surface area contributed by atoms with Gasteiger partial charge in [0.1, 0.15) is 23.8 Å². The number of phosphoric ester groups is 1. The van der Waals surface area contributed by atoms with Crippen LogP contribution in [0.2, 0.25) is 0 Å². The normalized spacial score (nSPS) is 23.4. The number of H-pyrrole nitrogens is 1. The van der Waals surface area contributed by atoms with E-state index in [1.165, 1.54) is 21.6 Å². The van der Waals surface area contributed by atoms with E-state index < -0.39 is 59.8 Å². The average molecular weight is 613 g/mol. The number of aromatic nitrogens is 2. The van der Waals surface area contributed by atoms with E-state index in [2.05, 4.69) is 30.0 Å². The highest BCUT2D eigenvalue weighted by atomic mass is 33.1. The zero-order chi connectivity index (χ0) is 27.1. The zero-order valence-corrected chi connectivity index (χ0v) is 22.5. The van der Waals surface area contributed by atoms with E-state index in [-0.39, 0.29) is 24.5 Å². The molecule has 1 aromatic rings. The molecule has 0 amide bonds. The number of phosphoric acid groups is 3. The lowest BCUT2D eigenvalue weighted by atomic mass is 10.2. The van der Waals surface area contributed by atoms with E-state index in [0.717, 1.165) is 10.8 Å². The van der Waals surface area contributed by atoms with Gasteiger partial charge in [0.05, 0.1) is 19.3 Å². The lowest BCUT2D eigenvalue weighted by Crippen LogP contribution is -2.33. The van der Waals surface area contributed by atoms with Crippen LogP contribution < -0.4 is 17.0 Å². The summed E-state index contributed by atoms with van der Waals surface area (Å²) in [5.74, 6) is 5.13. The van der Waals surface area contributed by atoms with Crippen LogP contribution in [0.15, 0.2) is 15.8 Å². The summed E-state index contributed by atoms with van der Waals surface area (Å²) in [5, 5.41) is 0. The van der Waals surface area contributed by atoms with Crippen molar-refractivity contribution in [2.45, 2.75) is 24.9 Å². The fourth-order valence-electron chi connectivity index (χ4n) is 2.77. The number of hydrogen-bond donors (Lipinski definition) is 6. The maximum Gasteiger partial charge on any atom is 0.490 e. The average Bonchev–Trinajstić information content (AvgIpc) is 3.12. The van der Waals surface area contributed by atoms with Gasteiger partial charge in [0.2, 0.25) is 0 Å². The Kier molecular flexibility index (Phi) is 11.7. The Balaban J connectivity index is 2.21. The third kappa shape index (κ3) is 10.2. The molecule has 1 aliphatic rings. The number of nitrogens with zero attached hydrogens (tertiary/aromatic N) is 1. The second-order valence-corrected chi connectivity index (χ2v) is 13.5. The lowest BCUT2D eigenvalue weighted by Gasteiger charge is -2.21. The molecule has 204 valence electrons. The number of hydrogen-bond acceptors (Lipinski definition) is 13. The minimum atomic E-state index is -5.70. The Morgan fingerprint density at radius 3 is 2.53 bits per heavy atom. The van der Waals surface area contributed by atoms with Crippen molar-refractivity contribution < 1.29 is 55.9 Å². The molecule has 0 saturated carbocycles. The van der Waals surface area contributed by atoms with Gasteiger partial charge in [0, 0.05) is 12.6 Å². The van der Waals surface area contributed by atoms with Gasteiger partial charge in [-0.15, -0.1) is 0 Å². The van der Waals surface area contributed by atoms with Crippen LogP contribution in [0, 0.1) is 11.8 Å². The van der Waals surface area contributed by atoms with Crippen molar-refractivity contribution >= 4 is 45.1 Å². The van der Waals surface area contributed by atoms with Crippen molar-refractivity contribution in [2.24, 2.45) is 5.73 Å². The fourth-order valence-corrected chi connectivity index (χ4v) is 6.58. The minimum Gasteiger partial charge on any atom is -0.364 e. The van der Waals surface area contributed by atoms with Gasteiger partial charge in [-0.2, -0.15) is 8.62 Å². The molecule has 1 aliphatic heterocycles. The molecule has 0 bridgehead atoms. The maximum absolute atomic E-state index is 12.3. The summed E-state index contributed by atoms with van der Waals surface area (Å²) in [5.41, 5.74) is 3.64. The number of aromatic amines is 1.